The number of aromatic amines is 1. The van der Waals surface area contributed by atoms with Crippen LogP contribution in [0.15, 0.2) is 42.5 Å². The SMILES string of the molecule is C[C@@](CNc1cc(C(F)(F)F)nc2cc(C(F)(F)F)nn12)(c1ccccc1)C1CN(c2n[nH]c(N)n2)C1. The minimum Gasteiger partial charge on any atom is -0.369 e. The zero-order valence-corrected chi connectivity index (χ0v) is 19.3. The van der Waals surface area contributed by atoms with Crippen LogP contribution in [0.5, 0.6) is 0 Å². The highest BCUT2D eigenvalue weighted by atomic mass is 19.4. The van der Waals surface area contributed by atoms with Gasteiger partial charge in [0.25, 0.3) is 0 Å². The summed E-state index contributed by atoms with van der Waals surface area (Å²) in [6.45, 7) is 3.11. The molecule has 0 spiro atoms. The molecule has 1 saturated heterocycles. The Morgan fingerprint density at radius 1 is 1.00 bits per heavy atom. The van der Waals surface area contributed by atoms with Gasteiger partial charge in [-0.05, 0) is 5.56 Å². The number of anilines is 3. The molecule has 5 rings (SSSR count). The van der Waals surface area contributed by atoms with E-state index in [-0.39, 0.29) is 24.2 Å². The fourth-order valence-electron chi connectivity index (χ4n) is 4.41. The Hall–Kier alpha value is -4.04. The first kappa shape index (κ1) is 24.6. The van der Waals surface area contributed by atoms with Crippen LogP contribution in [-0.2, 0) is 17.8 Å². The zero-order chi connectivity index (χ0) is 26.6. The predicted octanol–water partition coefficient (Wildman–Crippen LogP) is 3.97. The van der Waals surface area contributed by atoms with Gasteiger partial charge in [0.15, 0.2) is 17.0 Å². The van der Waals surface area contributed by atoms with E-state index in [1.807, 2.05) is 42.2 Å². The van der Waals surface area contributed by atoms with E-state index in [4.69, 9.17) is 5.73 Å². The molecule has 1 aliphatic rings. The molecular formula is C22H21F6N9. The van der Waals surface area contributed by atoms with Crippen LogP contribution in [0.2, 0.25) is 0 Å². The zero-order valence-electron chi connectivity index (χ0n) is 19.3. The molecule has 15 heteroatoms. The Labute approximate surface area is 205 Å². The molecule has 3 aromatic heterocycles. The van der Waals surface area contributed by atoms with Crippen molar-refractivity contribution in [2.24, 2.45) is 5.92 Å². The summed E-state index contributed by atoms with van der Waals surface area (Å²) < 4.78 is 81.0. The Morgan fingerprint density at radius 3 is 2.27 bits per heavy atom. The van der Waals surface area contributed by atoms with Crippen LogP contribution in [0.1, 0.15) is 23.9 Å². The van der Waals surface area contributed by atoms with Crippen molar-refractivity contribution in [1.82, 2.24) is 29.8 Å². The molecule has 4 N–H and O–H groups in total. The molecule has 9 nitrogen and oxygen atoms in total. The van der Waals surface area contributed by atoms with E-state index < -0.39 is 34.8 Å². The van der Waals surface area contributed by atoms with Crippen LogP contribution in [0, 0.1) is 5.92 Å². The molecule has 4 aromatic rings. The van der Waals surface area contributed by atoms with E-state index >= 15 is 0 Å². The third kappa shape index (κ3) is 4.60. The number of nitrogens with one attached hydrogen (secondary N) is 2. The second-order valence-corrected chi connectivity index (χ2v) is 9.08. The molecule has 1 aromatic carbocycles. The second kappa shape index (κ2) is 8.52. The number of rotatable bonds is 6. The first-order valence-electron chi connectivity index (χ1n) is 11.1. The van der Waals surface area contributed by atoms with Gasteiger partial charge in [0.05, 0.1) is 0 Å². The third-order valence-corrected chi connectivity index (χ3v) is 6.63. The number of nitrogen functional groups attached to an aromatic ring is 1. The number of nitrogens with zero attached hydrogens (tertiary/aromatic N) is 6. The molecule has 1 fully saturated rings. The van der Waals surface area contributed by atoms with Crippen molar-refractivity contribution in [1.29, 1.82) is 0 Å². The Morgan fingerprint density at radius 2 is 1.68 bits per heavy atom. The van der Waals surface area contributed by atoms with Crippen LogP contribution in [0.3, 0.4) is 0 Å². The Kier molecular flexibility index (Phi) is 5.68. The second-order valence-electron chi connectivity index (χ2n) is 9.08. The molecule has 37 heavy (non-hydrogen) atoms. The first-order chi connectivity index (χ1) is 17.3. The van der Waals surface area contributed by atoms with Gasteiger partial charge in [0, 0.05) is 43.1 Å². The van der Waals surface area contributed by atoms with Gasteiger partial charge < -0.3 is 16.0 Å². The standard InChI is InChI=1S/C22H21F6N9/c1-20(12-5-3-2-4-6-12,13-9-36(10-13)19-32-18(29)33-34-19)11-30-16-7-14(21(23,24)25)31-17-8-15(22(26,27)28)35-37(16)17/h2-8,13,30H,9-11H2,1H3,(H3,29,32,33,34)/t20-/m1/s1. The lowest BCUT2D eigenvalue weighted by atomic mass is 9.68. The molecule has 1 aliphatic heterocycles. The van der Waals surface area contributed by atoms with Crippen LogP contribution in [-0.4, -0.2) is 49.4 Å². The molecule has 1 atom stereocenters. The average Bonchev–Trinajstić information content (AvgIpc) is 3.43. The maximum atomic E-state index is 13.5. The normalized spacial score (nSPS) is 16.6. The molecule has 0 unspecified atom stereocenters. The smallest absolute Gasteiger partial charge is 0.369 e. The van der Waals surface area contributed by atoms with Gasteiger partial charge >= 0.3 is 12.4 Å². The van der Waals surface area contributed by atoms with Crippen LogP contribution in [0.25, 0.3) is 5.65 Å². The summed E-state index contributed by atoms with van der Waals surface area (Å²) in [5.74, 6) is 0.349. The van der Waals surface area contributed by atoms with E-state index in [9.17, 15) is 26.3 Å². The number of hydrogen-bond donors (Lipinski definition) is 3. The number of benzene rings is 1. The van der Waals surface area contributed by atoms with Crippen molar-refractivity contribution in [2.75, 3.05) is 35.6 Å². The summed E-state index contributed by atoms with van der Waals surface area (Å²) in [6, 6.07) is 10.5. The highest BCUT2D eigenvalue weighted by Gasteiger charge is 2.44. The lowest BCUT2D eigenvalue weighted by Crippen LogP contribution is -2.58. The molecule has 0 amide bonds. The molecule has 0 bridgehead atoms. The van der Waals surface area contributed by atoms with E-state index in [2.05, 4.69) is 30.6 Å². The van der Waals surface area contributed by atoms with Crippen LogP contribution >= 0.6 is 0 Å². The molecule has 0 saturated carbocycles. The van der Waals surface area contributed by atoms with Crippen molar-refractivity contribution in [3.8, 4) is 0 Å². The summed E-state index contributed by atoms with van der Waals surface area (Å²) >= 11 is 0. The largest absolute Gasteiger partial charge is 0.435 e. The summed E-state index contributed by atoms with van der Waals surface area (Å²) in [5.41, 5.74) is 2.65. The molecule has 0 radical (unpaired) electrons. The average molecular weight is 525 g/mol. The number of fused-ring (bicyclic) bond motifs is 1. The van der Waals surface area contributed by atoms with E-state index in [0.29, 0.717) is 31.2 Å². The topological polar surface area (TPSA) is 113 Å². The monoisotopic (exact) mass is 525 g/mol. The predicted molar refractivity (Wildman–Crippen MR) is 122 cm³/mol. The van der Waals surface area contributed by atoms with Gasteiger partial charge in [-0.3, -0.25) is 0 Å². The highest BCUT2D eigenvalue weighted by molar-refractivity contribution is 5.52. The Bertz CT molecular complexity index is 1410. The summed E-state index contributed by atoms with van der Waals surface area (Å²) in [5, 5.41) is 13.0. The fourth-order valence-corrected chi connectivity index (χ4v) is 4.41. The van der Waals surface area contributed by atoms with Gasteiger partial charge in [-0.15, -0.1) is 5.10 Å². The van der Waals surface area contributed by atoms with Gasteiger partial charge in [0.2, 0.25) is 11.9 Å². The summed E-state index contributed by atoms with van der Waals surface area (Å²) in [7, 11) is 0. The molecule has 196 valence electrons. The number of alkyl halides is 6. The first-order valence-corrected chi connectivity index (χ1v) is 11.1. The van der Waals surface area contributed by atoms with Gasteiger partial charge in [-0.2, -0.15) is 40.9 Å². The molecular weight excluding hydrogens is 504 g/mol. The summed E-state index contributed by atoms with van der Waals surface area (Å²) in [6.07, 6.45) is -9.71. The number of aromatic nitrogens is 6. The van der Waals surface area contributed by atoms with Crippen LogP contribution in [0.4, 0.5) is 44.1 Å². The van der Waals surface area contributed by atoms with E-state index in [1.54, 1.807) is 0 Å². The van der Waals surface area contributed by atoms with Gasteiger partial charge in [-0.1, -0.05) is 37.3 Å². The van der Waals surface area contributed by atoms with Crippen molar-refractivity contribution >= 4 is 23.4 Å². The lowest BCUT2D eigenvalue weighted by molar-refractivity contribution is -0.142. The fraction of sp³-hybridized carbons (Fsp3) is 0.364. The summed E-state index contributed by atoms with van der Waals surface area (Å²) in [4.78, 5) is 9.36. The van der Waals surface area contributed by atoms with E-state index in [0.717, 1.165) is 10.1 Å². The minimum atomic E-state index is -4.86. The van der Waals surface area contributed by atoms with Gasteiger partial charge in [-0.25, -0.2) is 10.1 Å². The van der Waals surface area contributed by atoms with Crippen molar-refractivity contribution in [2.45, 2.75) is 24.7 Å². The number of hydrogen-bond acceptors (Lipinski definition) is 7. The number of nitrogens with two attached hydrogens (primary N) is 1. The highest BCUT2D eigenvalue weighted by Crippen LogP contribution is 2.40. The quantitative estimate of drug-likeness (QED) is 0.327. The van der Waals surface area contributed by atoms with Crippen molar-refractivity contribution in [3.63, 3.8) is 0 Å². The van der Waals surface area contributed by atoms with Crippen molar-refractivity contribution in [3.05, 3.63) is 59.4 Å². The third-order valence-electron chi connectivity index (χ3n) is 6.63. The van der Waals surface area contributed by atoms with Gasteiger partial charge in [0.1, 0.15) is 5.82 Å². The number of H-pyrrole nitrogens is 1. The maximum absolute atomic E-state index is 13.5. The molecule has 4 heterocycles. The maximum Gasteiger partial charge on any atom is 0.435 e. The lowest BCUT2D eigenvalue weighted by Gasteiger charge is -2.49. The molecule has 0 aliphatic carbocycles. The van der Waals surface area contributed by atoms with Crippen LogP contribution < -0.4 is 16.0 Å². The van der Waals surface area contributed by atoms with Crippen molar-refractivity contribution < 1.29 is 26.3 Å². The van der Waals surface area contributed by atoms with E-state index in [1.165, 1.54) is 0 Å². The number of halogens is 6. The minimum absolute atomic E-state index is 0.00453. The Balaban J connectivity index is 1.48.